The molecule has 0 spiro atoms. The molecule has 0 unspecified atom stereocenters. The van der Waals surface area contributed by atoms with Gasteiger partial charge in [0.15, 0.2) is 0 Å². The van der Waals surface area contributed by atoms with E-state index in [1.165, 1.54) is 103 Å². The average molecular weight is 379 g/mol. The summed E-state index contributed by atoms with van der Waals surface area (Å²) in [5.41, 5.74) is 0. The summed E-state index contributed by atoms with van der Waals surface area (Å²) in [6.45, 7) is 2.30. The Morgan fingerprint density at radius 1 is 0.704 bits per heavy atom. The maximum atomic E-state index is 11.8. The molecule has 0 heterocycles. The molecule has 0 aromatic carbocycles. The van der Waals surface area contributed by atoms with Crippen LogP contribution in [-0.2, 0) is 9.53 Å². The third-order valence-corrected chi connectivity index (χ3v) is 7.05. The van der Waals surface area contributed by atoms with Crippen LogP contribution in [0.15, 0.2) is 0 Å². The lowest BCUT2D eigenvalue weighted by Crippen LogP contribution is -2.14. The maximum absolute atomic E-state index is 11.8. The van der Waals surface area contributed by atoms with E-state index in [9.17, 15) is 4.79 Å². The van der Waals surface area contributed by atoms with Crippen LogP contribution >= 0.6 is 0 Å². The van der Waals surface area contributed by atoms with Gasteiger partial charge in [-0.15, -0.1) is 0 Å². The van der Waals surface area contributed by atoms with Crippen molar-refractivity contribution < 1.29 is 9.53 Å². The predicted octanol–water partition coefficient (Wildman–Crippen LogP) is 7.98. The summed E-state index contributed by atoms with van der Waals surface area (Å²) in [5.74, 6) is 2.09. The third-order valence-electron chi connectivity index (χ3n) is 7.05. The van der Waals surface area contributed by atoms with E-state index >= 15 is 0 Å². The van der Waals surface area contributed by atoms with Gasteiger partial charge >= 0.3 is 5.97 Å². The number of hydrogen-bond donors (Lipinski definition) is 0. The van der Waals surface area contributed by atoms with Crippen molar-refractivity contribution in [2.24, 2.45) is 11.8 Å². The van der Waals surface area contributed by atoms with E-state index in [2.05, 4.69) is 6.92 Å². The molecule has 2 aliphatic rings. The average Bonchev–Trinajstić information content (AvgIpc) is 3.33. The molecule has 0 bridgehead atoms. The van der Waals surface area contributed by atoms with E-state index < -0.39 is 0 Å². The topological polar surface area (TPSA) is 26.3 Å². The Morgan fingerprint density at radius 2 is 1.26 bits per heavy atom. The second-order valence-corrected chi connectivity index (χ2v) is 9.36. The fourth-order valence-electron chi connectivity index (χ4n) is 5.34. The van der Waals surface area contributed by atoms with Crippen molar-refractivity contribution in [1.82, 2.24) is 0 Å². The molecule has 0 radical (unpaired) electrons. The molecule has 2 fully saturated rings. The molecule has 2 atom stereocenters. The summed E-state index contributed by atoms with van der Waals surface area (Å²) in [7, 11) is 0. The van der Waals surface area contributed by atoms with Crippen LogP contribution < -0.4 is 0 Å². The summed E-state index contributed by atoms with van der Waals surface area (Å²) >= 11 is 0. The molecule has 27 heavy (non-hydrogen) atoms. The van der Waals surface area contributed by atoms with Crippen LogP contribution in [0.4, 0.5) is 0 Å². The van der Waals surface area contributed by atoms with Crippen molar-refractivity contribution >= 4 is 5.97 Å². The molecule has 158 valence electrons. The smallest absolute Gasteiger partial charge is 0.306 e. The van der Waals surface area contributed by atoms with Gasteiger partial charge in [0.2, 0.25) is 0 Å². The number of hydrogen-bond acceptors (Lipinski definition) is 2. The highest BCUT2D eigenvalue weighted by Crippen LogP contribution is 2.38. The summed E-state index contributed by atoms with van der Waals surface area (Å²) in [6, 6.07) is 0. The summed E-state index contributed by atoms with van der Waals surface area (Å²) in [5, 5.41) is 0. The fourth-order valence-corrected chi connectivity index (χ4v) is 5.34. The Morgan fingerprint density at radius 3 is 1.89 bits per heavy atom. The van der Waals surface area contributed by atoms with E-state index in [4.69, 9.17) is 4.74 Å². The Balaban J connectivity index is 1.42. The van der Waals surface area contributed by atoms with Crippen molar-refractivity contribution in [3.8, 4) is 0 Å². The number of esters is 1. The van der Waals surface area contributed by atoms with Gasteiger partial charge in [-0.2, -0.15) is 0 Å². The Bertz CT molecular complexity index is 373. The van der Waals surface area contributed by atoms with Crippen molar-refractivity contribution in [3.63, 3.8) is 0 Å². The summed E-state index contributed by atoms with van der Waals surface area (Å²) in [6.07, 6.45) is 26.4. The van der Waals surface area contributed by atoms with Crippen molar-refractivity contribution in [1.29, 1.82) is 0 Å². The van der Waals surface area contributed by atoms with Gasteiger partial charge in [0.05, 0.1) is 0 Å². The maximum Gasteiger partial charge on any atom is 0.306 e. The molecule has 2 nitrogen and oxygen atoms in total. The largest absolute Gasteiger partial charge is 0.462 e. The number of carbonyl (C=O) groups excluding carboxylic acids is 1. The molecule has 0 aromatic heterocycles. The molecule has 0 saturated heterocycles. The van der Waals surface area contributed by atoms with Gasteiger partial charge < -0.3 is 4.74 Å². The zero-order chi connectivity index (χ0) is 19.2. The zero-order valence-electron chi connectivity index (χ0n) is 18.2. The highest BCUT2D eigenvalue weighted by molar-refractivity contribution is 5.69. The van der Waals surface area contributed by atoms with E-state index in [-0.39, 0.29) is 12.1 Å². The lowest BCUT2D eigenvalue weighted by atomic mass is 9.86. The molecular formula is C25H46O2. The van der Waals surface area contributed by atoms with Gasteiger partial charge in [0.25, 0.3) is 0 Å². The molecule has 2 aliphatic carbocycles. The quantitative estimate of drug-likeness (QED) is 0.213. The Hall–Kier alpha value is -0.530. The van der Waals surface area contributed by atoms with Crippen LogP contribution in [0, 0.1) is 11.8 Å². The van der Waals surface area contributed by atoms with Crippen LogP contribution in [0.3, 0.4) is 0 Å². The number of unbranched alkanes of at least 4 members (excludes halogenated alkanes) is 8. The van der Waals surface area contributed by atoms with Crippen molar-refractivity contribution in [2.75, 3.05) is 0 Å². The van der Waals surface area contributed by atoms with Crippen molar-refractivity contribution in [2.45, 2.75) is 141 Å². The van der Waals surface area contributed by atoms with Gasteiger partial charge in [0, 0.05) is 6.42 Å². The molecule has 0 amide bonds. The van der Waals surface area contributed by atoms with E-state index in [0.29, 0.717) is 6.42 Å². The minimum absolute atomic E-state index is 0.0525. The molecule has 2 heteroatoms. The molecule has 2 rings (SSSR count). The Labute approximate surface area is 169 Å². The number of ether oxygens (including phenoxy) is 1. The molecule has 0 aromatic rings. The van der Waals surface area contributed by atoms with Gasteiger partial charge in [-0.25, -0.2) is 0 Å². The number of rotatable bonds is 15. The van der Waals surface area contributed by atoms with Gasteiger partial charge in [-0.05, 0) is 43.9 Å². The zero-order valence-corrected chi connectivity index (χ0v) is 18.2. The second kappa shape index (κ2) is 14.5. The highest BCUT2D eigenvalue weighted by atomic mass is 16.5. The standard InChI is InChI=1S/C25H46O2/c1-2-3-4-5-6-9-15-22-17-14-18-23(22)16-10-7-8-11-21-25(26)27-24-19-12-13-20-24/h22-24H,2-21H2,1H3/t22-,23-/m0/s1. The van der Waals surface area contributed by atoms with Crippen LogP contribution in [0.5, 0.6) is 0 Å². The summed E-state index contributed by atoms with van der Waals surface area (Å²) < 4.78 is 5.54. The SMILES string of the molecule is CCCCCCCC[C@H]1CCC[C@@H]1CCCCCCC(=O)OC1CCCC1. The first kappa shape index (κ1) is 22.8. The van der Waals surface area contributed by atoms with E-state index in [0.717, 1.165) is 31.1 Å². The summed E-state index contributed by atoms with van der Waals surface area (Å²) in [4.78, 5) is 11.8. The van der Waals surface area contributed by atoms with Gasteiger partial charge in [-0.1, -0.05) is 96.8 Å². The lowest BCUT2D eigenvalue weighted by Gasteiger charge is -2.19. The van der Waals surface area contributed by atoms with Crippen LogP contribution in [0.25, 0.3) is 0 Å². The number of carbonyl (C=O) groups is 1. The second-order valence-electron chi connectivity index (χ2n) is 9.36. The predicted molar refractivity (Wildman–Crippen MR) is 115 cm³/mol. The van der Waals surface area contributed by atoms with Crippen LogP contribution in [-0.4, -0.2) is 12.1 Å². The van der Waals surface area contributed by atoms with Crippen LogP contribution in [0.1, 0.15) is 135 Å². The minimum Gasteiger partial charge on any atom is -0.462 e. The normalized spacial score (nSPS) is 23.1. The molecule has 0 aliphatic heterocycles. The molecular weight excluding hydrogens is 332 g/mol. The first-order valence-electron chi connectivity index (χ1n) is 12.5. The monoisotopic (exact) mass is 378 g/mol. The highest BCUT2D eigenvalue weighted by Gasteiger charge is 2.26. The fraction of sp³-hybridized carbons (Fsp3) is 0.960. The van der Waals surface area contributed by atoms with Crippen LogP contribution in [0.2, 0.25) is 0 Å². The van der Waals surface area contributed by atoms with Gasteiger partial charge in [0.1, 0.15) is 6.10 Å². The van der Waals surface area contributed by atoms with Crippen molar-refractivity contribution in [3.05, 3.63) is 0 Å². The molecule has 0 N–H and O–H groups in total. The first-order chi connectivity index (χ1) is 13.3. The van der Waals surface area contributed by atoms with E-state index in [1.54, 1.807) is 0 Å². The molecule has 2 saturated carbocycles. The first-order valence-corrected chi connectivity index (χ1v) is 12.5. The minimum atomic E-state index is 0.0525. The lowest BCUT2D eigenvalue weighted by molar-refractivity contribution is -0.148. The van der Waals surface area contributed by atoms with E-state index in [1.807, 2.05) is 0 Å². The van der Waals surface area contributed by atoms with Gasteiger partial charge in [-0.3, -0.25) is 4.79 Å². The third kappa shape index (κ3) is 9.99. The Kier molecular flexibility index (Phi) is 12.2.